The van der Waals surface area contributed by atoms with Crippen molar-refractivity contribution in [3.8, 4) is 6.07 Å². The van der Waals surface area contributed by atoms with Gasteiger partial charge in [0, 0.05) is 12.7 Å². The zero-order valence-corrected chi connectivity index (χ0v) is 12.3. The summed E-state index contributed by atoms with van der Waals surface area (Å²) in [6.07, 6.45) is 1.39. The van der Waals surface area contributed by atoms with Gasteiger partial charge in [-0.25, -0.2) is 18.1 Å². The van der Waals surface area contributed by atoms with Crippen molar-refractivity contribution in [3.05, 3.63) is 59.9 Å². The van der Waals surface area contributed by atoms with Gasteiger partial charge in [0.25, 0.3) is 0 Å². The van der Waals surface area contributed by atoms with E-state index in [1.807, 2.05) is 37.3 Å². The molecule has 0 spiro atoms. The van der Waals surface area contributed by atoms with Crippen LogP contribution < -0.4 is 4.72 Å². The largest absolute Gasteiger partial charge is 0.244 e. The number of sulfonamides is 1. The Morgan fingerprint density at radius 1 is 1.24 bits per heavy atom. The van der Waals surface area contributed by atoms with Crippen molar-refractivity contribution in [2.24, 2.45) is 0 Å². The summed E-state index contributed by atoms with van der Waals surface area (Å²) in [5, 5.41) is 8.93. The van der Waals surface area contributed by atoms with E-state index in [4.69, 9.17) is 5.26 Å². The lowest BCUT2D eigenvalue weighted by molar-refractivity contribution is 0.574. The van der Waals surface area contributed by atoms with Crippen molar-refractivity contribution in [1.82, 2.24) is 9.71 Å². The molecule has 0 bridgehead atoms. The van der Waals surface area contributed by atoms with Crippen LogP contribution in [-0.4, -0.2) is 19.9 Å². The van der Waals surface area contributed by atoms with Gasteiger partial charge in [-0.1, -0.05) is 37.3 Å². The lowest BCUT2D eigenvalue weighted by Crippen LogP contribution is -2.28. The van der Waals surface area contributed by atoms with Crippen LogP contribution in [0.2, 0.25) is 0 Å². The Labute approximate surface area is 124 Å². The van der Waals surface area contributed by atoms with E-state index in [0.29, 0.717) is 0 Å². The van der Waals surface area contributed by atoms with Crippen LogP contribution in [0.15, 0.2) is 53.6 Å². The first kappa shape index (κ1) is 15.2. The molecular weight excluding hydrogens is 286 g/mol. The highest BCUT2D eigenvalue weighted by molar-refractivity contribution is 7.89. The average molecular weight is 301 g/mol. The topological polar surface area (TPSA) is 82.8 Å². The maximum atomic E-state index is 12.2. The fourth-order valence-electron chi connectivity index (χ4n) is 1.90. The number of nitrogens with zero attached hydrogens (tertiary/aromatic N) is 2. The van der Waals surface area contributed by atoms with Crippen LogP contribution in [-0.2, 0) is 10.0 Å². The average Bonchev–Trinajstić information content (AvgIpc) is 2.53. The van der Waals surface area contributed by atoms with Crippen molar-refractivity contribution < 1.29 is 8.42 Å². The van der Waals surface area contributed by atoms with E-state index in [-0.39, 0.29) is 23.1 Å². The minimum absolute atomic E-state index is 0.0307. The van der Waals surface area contributed by atoms with Gasteiger partial charge in [-0.2, -0.15) is 5.26 Å². The number of nitrogens with one attached hydrogen (secondary N) is 1. The standard InChI is InChI=1S/C15H15N3O2S/c1-12(13-6-3-2-4-7-13)11-18-21(19,20)15-8-5-9-17-14(15)10-16/h2-9,12,18H,11H2,1H3. The lowest BCUT2D eigenvalue weighted by Gasteiger charge is -2.13. The molecule has 21 heavy (non-hydrogen) atoms. The van der Waals surface area contributed by atoms with Gasteiger partial charge in [-0.15, -0.1) is 0 Å². The molecule has 0 saturated carbocycles. The summed E-state index contributed by atoms with van der Waals surface area (Å²) in [6.45, 7) is 2.19. The van der Waals surface area contributed by atoms with E-state index in [1.165, 1.54) is 18.3 Å². The number of hydrogen-bond donors (Lipinski definition) is 1. The second kappa shape index (κ2) is 6.48. The molecule has 1 aromatic heterocycles. The van der Waals surface area contributed by atoms with Crippen LogP contribution in [0.4, 0.5) is 0 Å². The van der Waals surface area contributed by atoms with E-state index in [0.717, 1.165) is 5.56 Å². The molecule has 1 aromatic carbocycles. The monoisotopic (exact) mass is 301 g/mol. The fraction of sp³-hybridized carbons (Fsp3) is 0.200. The zero-order chi connectivity index (χ0) is 15.3. The number of nitriles is 1. The quantitative estimate of drug-likeness (QED) is 0.916. The number of aromatic nitrogens is 1. The van der Waals surface area contributed by atoms with Crippen molar-refractivity contribution in [2.45, 2.75) is 17.7 Å². The third kappa shape index (κ3) is 3.66. The molecule has 6 heteroatoms. The molecule has 0 fully saturated rings. The van der Waals surface area contributed by atoms with Crippen molar-refractivity contribution in [2.75, 3.05) is 6.54 Å². The lowest BCUT2D eigenvalue weighted by atomic mass is 10.0. The third-order valence-corrected chi connectivity index (χ3v) is 4.57. The minimum atomic E-state index is -3.74. The van der Waals surface area contributed by atoms with E-state index >= 15 is 0 Å². The van der Waals surface area contributed by atoms with Crippen molar-refractivity contribution in [1.29, 1.82) is 5.26 Å². The molecule has 0 radical (unpaired) electrons. The van der Waals surface area contributed by atoms with E-state index in [2.05, 4.69) is 9.71 Å². The molecule has 1 heterocycles. The predicted octanol–water partition coefficient (Wildman–Crippen LogP) is 2.04. The molecule has 108 valence electrons. The molecular formula is C15H15N3O2S. The molecule has 0 aliphatic rings. The summed E-state index contributed by atoms with van der Waals surface area (Å²) >= 11 is 0. The molecule has 1 N–H and O–H groups in total. The maximum Gasteiger partial charge on any atom is 0.243 e. The molecule has 0 aliphatic heterocycles. The Hall–Kier alpha value is -2.23. The van der Waals surface area contributed by atoms with Crippen LogP contribution in [0, 0.1) is 11.3 Å². The summed E-state index contributed by atoms with van der Waals surface area (Å²) in [7, 11) is -3.74. The third-order valence-electron chi connectivity index (χ3n) is 3.11. The van der Waals surface area contributed by atoms with Crippen LogP contribution >= 0.6 is 0 Å². The highest BCUT2D eigenvalue weighted by Crippen LogP contribution is 2.16. The van der Waals surface area contributed by atoms with Crippen molar-refractivity contribution >= 4 is 10.0 Å². The number of pyridine rings is 1. The number of hydrogen-bond acceptors (Lipinski definition) is 4. The molecule has 1 unspecified atom stereocenters. The van der Waals surface area contributed by atoms with Gasteiger partial charge in [0.05, 0.1) is 0 Å². The first-order valence-corrected chi connectivity index (χ1v) is 7.92. The summed E-state index contributed by atoms with van der Waals surface area (Å²) < 4.78 is 27.0. The van der Waals surface area contributed by atoms with E-state index < -0.39 is 10.0 Å². The van der Waals surface area contributed by atoms with Gasteiger partial charge in [-0.3, -0.25) is 0 Å². The highest BCUT2D eigenvalue weighted by atomic mass is 32.2. The summed E-state index contributed by atoms with van der Waals surface area (Å²) in [5.74, 6) is 0.0307. The summed E-state index contributed by atoms with van der Waals surface area (Å²) in [6, 6.07) is 14.3. The Balaban J connectivity index is 2.14. The van der Waals surface area contributed by atoms with E-state index in [9.17, 15) is 8.42 Å². The highest BCUT2D eigenvalue weighted by Gasteiger charge is 2.20. The minimum Gasteiger partial charge on any atom is -0.244 e. The van der Waals surface area contributed by atoms with Crippen LogP contribution in [0.1, 0.15) is 24.1 Å². The maximum absolute atomic E-state index is 12.2. The second-order valence-corrected chi connectivity index (χ2v) is 6.36. The van der Waals surface area contributed by atoms with Gasteiger partial charge in [-0.05, 0) is 23.6 Å². The number of benzene rings is 1. The zero-order valence-electron chi connectivity index (χ0n) is 11.5. The first-order valence-electron chi connectivity index (χ1n) is 6.44. The van der Waals surface area contributed by atoms with Crippen LogP contribution in [0.5, 0.6) is 0 Å². The van der Waals surface area contributed by atoms with Gasteiger partial charge < -0.3 is 0 Å². The van der Waals surface area contributed by atoms with Gasteiger partial charge in [0.1, 0.15) is 11.0 Å². The first-order chi connectivity index (χ1) is 10.0. The van der Waals surface area contributed by atoms with Gasteiger partial charge >= 0.3 is 0 Å². The normalized spacial score (nSPS) is 12.6. The SMILES string of the molecule is CC(CNS(=O)(=O)c1cccnc1C#N)c1ccccc1. The molecule has 0 aliphatic carbocycles. The van der Waals surface area contributed by atoms with Gasteiger partial charge in [0.2, 0.25) is 10.0 Å². The Kier molecular flexibility index (Phi) is 4.68. The van der Waals surface area contributed by atoms with Crippen LogP contribution in [0.25, 0.3) is 0 Å². The Bertz CT molecular complexity index is 752. The molecule has 0 amide bonds. The fourth-order valence-corrected chi connectivity index (χ4v) is 3.14. The molecule has 1 atom stereocenters. The Morgan fingerprint density at radius 3 is 2.62 bits per heavy atom. The summed E-state index contributed by atoms with van der Waals surface area (Å²) in [4.78, 5) is 3.68. The number of rotatable bonds is 5. The molecule has 5 nitrogen and oxygen atoms in total. The predicted molar refractivity (Wildman–Crippen MR) is 79.0 cm³/mol. The van der Waals surface area contributed by atoms with Gasteiger partial charge in [0.15, 0.2) is 5.69 Å². The van der Waals surface area contributed by atoms with Crippen LogP contribution in [0.3, 0.4) is 0 Å². The molecule has 0 saturated heterocycles. The Morgan fingerprint density at radius 2 is 1.95 bits per heavy atom. The molecule has 2 aromatic rings. The van der Waals surface area contributed by atoms with Crippen molar-refractivity contribution in [3.63, 3.8) is 0 Å². The smallest absolute Gasteiger partial charge is 0.243 e. The summed E-state index contributed by atoms with van der Waals surface area (Å²) in [5.41, 5.74) is 0.948. The van der Waals surface area contributed by atoms with E-state index in [1.54, 1.807) is 6.07 Å². The second-order valence-electron chi connectivity index (χ2n) is 4.63. The molecule has 2 rings (SSSR count).